The Kier molecular flexibility index (Phi) is 11.7. The van der Waals surface area contributed by atoms with Crippen LogP contribution < -0.4 is 37.5 Å². The summed E-state index contributed by atoms with van der Waals surface area (Å²) in [5, 5.41) is 14.2. The molecule has 0 spiro atoms. The Hall–Kier alpha value is -7.08. The van der Waals surface area contributed by atoms with Crippen molar-refractivity contribution >= 4 is 51.9 Å². The maximum Gasteiger partial charge on any atom is 0.333 e. The van der Waals surface area contributed by atoms with Gasteiger partial charge in [0.15, 0.2) is 11.5 Å². The van der Waals surface area contributed by atoms with Gasteiger partial charge in [-0.05, 0) is 118 Å². The molecule has 0 aliphatic carbocycles. The Morgan fingerprint density at radius 1 is 0.788 bits per heavy atom. The number of carbonyl (C=O) groups excluding carboxylic acids is 3. The van der Waals surface area contributed by atoms with Crippen molar-refractivity contribution in [2.24, 2.45) is 18.7 Å². The van der Waals surface area contributed by atoms with Crippen LogP contribution in [0.2, 0.25) is 0 Å². The van der Waals surface area contributed by atoms with Crippen LogP contribution >= 0.6 is 0 Å². The van der Waals surface area contributed by atoms with E-state index in [0.29, 0.717) is 42.8 Å². The van der Waals surface area contributed by atoms with Crippen LogP contribution in [0.5, 0.6) is 0 Å². The summed E-state index contributed by atoms with van der Waals surface area (Å²) < 4.78 is 6.55. The molecule has 7 heterocycles. The zero-order chi connectivity index (χ0) is 45.5. The highest BCUT2D eigenvalue weighted by molar-refractivity contribution is 6.00. The third-order valence-corrected chi connectivity index (χ3v) is 14.1. The number of amides is 3. The molecule has 6 aromatic rings. The van der Waals surface area contributed by atoms with Gasteiger partial charge < -0.3 is 25.8 Å². The number of nitrogens with zero attached hydrogens (tertiary/aromatic N) is 10. The number of aryl methyl sites for hydroxylation is 1. The lowest BCUT2D eigenvalue weighted by Crippen LogP contribution is -2.44. The van der Waals surface area contributed by atoms with Gasteiger partial charge in [0.25, 0.3) is 5.91 Å². The molecule has 2 atom stereocenters. The van der Waals surface area contributed by atoms with E-state index in [4.69, 9.17) is 10.7 Å². The number of hydrogen-bond acceptors (Lipinski definition) is 12. The molecule has 2 unspecified atom stereocenters. The molecule has 3 aromatic carbocycles. The first-order valence-corrected chi connectivity index (χ1v) is 23.1. The number of para-hydroxylation sites is 1. The third kappa shape index (κ3) is 8.48. The number of imidazole rings is 2. The molecule has 0 saturated carbocycles. The van der Waals surface area contributed by atoms with E-state index < -0.39 is 17.9 Å². The molecule has 10 rings (SSSR count). The Balaban J connectivity index is 0.721. The van der Waals surface area contributed by atoms with Crippen molar-refractivity contribution in [3.05, 3.63) is 117 Å². The van der Waals surface area contributed by atoms with E-state index in [0.717, 1.165) is 93.8 Å². The van der Waals surface area contributed by atoms with Gasteiger partial charge in [0, 0.05) is 70.0 Å². The maximum atomic E-state index is 13.4. The molecule has 18 nitrogen and oxygen atoms in total. The van der Waals surface area contributed by atoms with Crippen LogP contribution in [0.4, 0.5) is 23.1 Å². The Labute approximate surface area is 381 Å². The van der Waals surface area contributed by atoms with Gasteiger partial charge in [-0.25, -0.2) is 9.59 Å². The fourth-order valence-electron chi connectivity index (χ4n) is 10.5. The zero-order valence-corrected chi connectivity index (χ0v) is 37.1. The molecule has 4 aliphatic rings. The summed E-state index contributed by atoms with van der Waals surface area (Å²) in [4.78, 5) is 75.3. The lowest BCUT2D eigenvalue weighted by molar-refractivity contribution is -0.135. The van der Waals surface area contributed by atoms with E-state index in [1.807, 2.05) is 65.7 Å². The summed E-state index contributed by atoms with van der Waals surface area (Å²) in [5.41, 5.74) is 10.7. The summed E-state index contributed by atoms with van der Waals surface area (Å²) in [6, 6.07) is 23.1. The Morgan fingerprint density at radius 2 is 1.56 bits per heavy atom. The van der Waals surface area contributed by atoms with Gasteiger partial charge in [-0.15, -0.1) is 10.2 Å². The second kappa shape index (κ2) is 18.1. The van der Waals surface area contributed by atoms with E-state index in [-0.39, 0.29) is 41.3 Å². The molecular weight excluding hydrogens is 839 g/mol. The molecule has 0 bridgehead atoms. The van der Waals surface area contributed by atoms with Crippen molar-refractivity contribution in [2.45, 2.75) is 69.4 Å². The minimum atomic E-state index is -0.726. The molecule has 4 fully saturated rings. The SMILES string of the molecule is Cn1c(=O)n(C2CCC(=O)NC2=O)c2ccc(N3CCC(CN4CCC(c5ccc(Nc6nc(N7CCCC(n8ccn(-c9ccccc9)c8=O)C7)nnc6C(N)=O)cc5)CC4)CC3)cc21. The monoisotopic (exact) mass is 893 g/mol. The topological polar surface area (TPSA) is 204 Å². The van der Waals surface area contributed by atoms with Crippen LogP contribution in [0.25, 0.3) is 16.7 Å². The van der Waals surface area contributed by atoms with Crippen molar-refractivity contribution in [3.63, 3.8) is 0 Å². The van der Waals surface area contributed by atoms with Gasteiger partial charge in [-0.3, -0.25) is 38.0 Å². The predicted molar refractivity (Wildman–Crippen MR) is 251 cm³/mol. The first kappa shape index (κ1) is 42.8. The lowest BCUT2D eigenvalue weighted by atomic mass is 9.88. The lowest BCUT2D eigenvalue weighted by Gasteiger charge is -2.38. The molecule has 4 saturated heterocycles. The predicted octanol–water partition coefficient (Wildman–Crippen LogP) is 4.24. The highest BCUT2D eigenvalue weighted by Gasteiger charge is 2.32. The van der Waals surface area contributed by atoms with Crippen LogP contribution in [-0.4, -0.2) is 102 Å². The normalized spacial score (nSPS) is 20.2. The van der Waals surface area contributed by atoms with Crippen molar-refractivity contribution in [2.75, 3.05) is 60.9 Å². The second-order valence-corrected chi connectivity index (χ2v) is 18.2. The molecule has 0 radical (unpaired) electrons. The van der Waals surface area contributed by atoms with Gasteiger partial charge in [-0.1, -0.05) is 30.3 Å². The number of anilines is 4. The van der Waals surface area contributed by atoms with Gasteiger partial charge in [-0.2, -0.15) is 4.98 Å². The minimum absolute atomic E-state index is 0.0422. The fourth-order valence-corrected chi connectivity index (χ4v) is 10.5. The van der Waals surface area contributed by atoms with Gasteiger partial charge in [0.05, 0.1) is 22.8 Å². The number of fused-ring (bicyclic) bond motifs is 1. The number of nitrogens with two attached hydrogens (primary N) is 1. The summed E-state index contributed by atoms with van der Waals surface area (Å²) in [7, 11) is 1.74. The zero-order valence-electron chi connectivity index (χ0n) is 37.1. The first-order chi connectivity index (χ1) is 32.1. The van der Waals surface area contributed by atoms with Crippen LogP contribution in [0.1, 0.15) is 85.4 Å². The number of carbonyl (C=O) groups is 3. The molecule has 66 heavy (non-hydrogen) atoms. The highest BCUT2D eigenvalue weighted by atomic mass is 16.2. The summed E-state index contributed by atoms with van der Waals surface area (Å²) in [6.45, 7) is 6.25. The molecular formula is C48H55N13O5. The molecule has 3 aromatic heterocycles. The van der Waals surface area contributed by atoms with Crippen LogP contribution in [-0.2, 0) is 16.6 Å². The molecule has 18 heteroatoms. The van der Waals surface area contributed by atoms with E-state index in [1.54, 1.807) is 26.9 Å². The summed E-state index contributed by atoms with van der Waals surface area (Å²) >= 11 is 0. The highest BCUT2D eigenvalue weighted by Crippen LogP contribution is 2.33. The fraction of sp³-hybridized carbons (Fsp3) is 0.417. The second-order valence-electron chi connectivity index (χ2n) is 18.2. The van der Waals surface area contributed by atoms with Crippen LogP contribution in [0, 0.1) is 5.92 Å². The number of piperidine rings is 4. The average Bonchev–Trinajstić information content (AvgIpc) is 3.84. The number of likely N-dealkylation sites (tertiary alicyclic amines) is 1. The van der Waals surface area contributed by atoms with Crippen molar-refractivity contribution < 1.29 is 14.4 Å². The maximum absolute atomic E-state index is 13.4. The number of primary amides is 1. The number of benzene rings is 3. The molecule has 342 valence electrons. The van der Waals surface area contributed by atoms with Crippen LogP contribution in [0.3, 0.4) is 0 Å². The van der Waals surface area contributed by atoms with E-state index in [2.05, 4.69) is 48.8 Å². The number of imide groups is 1. The summed E-state index contributed by atoms with van der Waals surface area (Å²) in [6.07, 6.45) is 10.2. The summed E-state index contributed by atoms with van der Waals surface area (Å²) in [5.74, 6) is 0.214. The van der Waals surface area contributed by atoms with Gasteiger partial charge >= 0.3 is 11.4 Å². The minimum Gasteiger partial charge on any atom is -0.371 e. The van der Waals surface area contributed by atoms with Crippen molar-refractivity contribution in [1.29, 1.82) is 0 Å². The average molecular weight is 894 g/mol. The number of nitrogens with one attached hydrogen (secondary N) is 2. The standard InChI is InChI=1S/C48H55N13O5/c1-55-40-28-36(13-14-38(40)61(47(55)65)39-15-16-41(62)51-45(39)64)57-24-17-31(18-25-57)29-56-22-19-33(20-23-56)32-9-11-34(12-10-32)50-44-42(43(49)63)53-54-46(52-44)58-21-5-8-37(30-58)60-27-26-59(48(60)66)35-6-3-2-4-7-35/h2-4,6-7,9-14,26-28,31,33,37,39H,5,8,15-25,29-30H2,1H3,(H2,49,63)(H,50,52,54)(H,51,62,64). The number of aromatic nitrogens is 7. The van der Waals surface area contributed by atoms with Gasteiger partial charge in [0.2, 0.25) is 17.8 Å². The third-order valence-electron chi connectivity index (χ3n) is 14.1. The molecule has 3 amide bonds. The van der Waals surface area contributed by atoms with Crippen molar-refractivity contribution in [3.8, 4) is 5.69 Å². The quantitative estimate of drug-likeness (QED) is 0.157. The molecule has 4 aliphatic heterocycles. The number of rotatable bonds is 11. The van der Waals surface area contributed by atoms with Crippen LogP contribution in [0.15, 0.2) is 94.8 Å². The van der Waals surface area contributed by atoms with E-state index >= 15 is 0 Å². The van der Waals surface area contributed by atoms with E-state index in [1.165, 1.54) is 10.1 Å². The largest absolute Gasteiger partial charge is 0.371 e. The first-order valence-electron chi connectivity index (χ1n) is 23.1. The number of hydrogen-bond donors (Lipinski definition) is 3. The Morgan fingerprint density at radius 3 is 2.30 bits per heavy atom. The smallest absolute Gasteiger partial charge is 0.333 e. The van der Waals surface area contributed by atoms with E-state index in [9.17, 15) is 24.0 Å². The van der Waals surface area contributed by atoms with Gasteiger partial charge in [0.1, 0.15) is 6.04 Å². The van der Waals surface area contributed by atoms with Crippen molar-refractivity contribution in [1.82, 2.24) is 43.7 Å². The molecule has 4 N–H and O–H groups in total. The Bertz CT molecular complexity index is 2890.